The van der Waals surface area contributed by atoms with Crippen LogP contribution >= 0.6 is 0 Å². The fourth-order valence-electron chi connectivity index (χ4n) is 2.64. The molecule has 0 bridgehead atoms. The lowest BCUT2D eigenvalue weighted by Gasteiger charge is -2.23. The molecule has 2 rings (SSSR count). The summed E-state index contributed by atoms with van der Waals surface area (Å²) in [5, 5.41) is 6.22. The van der Waals surface area contributed by atoms with Gasteiger partial charge in [0.25, 0.3) is 0 Å². The summed E-state index contributed by atoms with van der Waals surface area (Å²) >= 11 is 0. The summed E-state index contributed by atoms with van der Waals surface area (Å²) in [6.07, 6.45) is 4.98. The summed E-state index contributed by atoms with van der Waals surface area (Å²) in [5.41, 5.74) is 0.306. The molecule has 1 aliphatic carbocycles. The van der Waals surface area contributed by atoms with E-state index >= 15 is 0 Å². The summed E-state index contributed by atoms with van der Waals surface area (Å²) in [6, 6.07) is 0. The first-order valence-corrected chi connectivity index (χ1v) is 7.65. The Labute approximate surface area is 99.0 Å². The molecule has 0 aromatic heterocycles. The highest BCUT2D eigenvalue weighted by molar-refractivity contribution is 7.84. The molecule has 92 valence electrons. The lowest BCUT2D eigenvalue weighted by Crippen LogP contribution is -2.34. The van der Waals surface area contributed by atoms with E-state index in [0.29, 0.717) is 17.7 Å². The second-order valence-corrected chi connectivity index (χ2v) is 6.49. The van der Waals surface area contributed by atoms with Gasteiger partial charge in [-0.1, -0.05) is 0 Å². The minimum atomic E-state index is -0.813. The van der Waals surface area contributed by atoms with Crippen molar-refractivity contribution in [3.8, 4) is 0 Å². The highest BCUT2D eigenvalue weighted by Crippen LogP contribution is 2.58. The smallest absolute Gasteiger partial charge is 0.223 e. The molecule has 1 saturated carbocycles. The fraction of sp³-hybridized carbons (Fsp3) is 0.909. The monoisotopic (exact) mass is 244 g/mol. The van der Waals surface area contributed by atoms with Crippen LogP contribution in [0.1, 0.15) is 19.3 Å². The van der Waals surface area contributed by atoms with Gasteiger partial charge < -0.3 is 10.6 Å². The Bertz CT molecular complexity index is 300. The molecule has 1 spiro atoms. The van der Waals surface area contributed by atoms with Gasteiger partial charge in [-0.15, -0.1) is 0 Å². The van der Waals surface area contributed by atoms with Crippen LogP contribution in [0.15, 0.2) is 0 Å². The van der Waals surface area contributed by atoms with Gasteiger partial charge in [0.15, 0.2) is 0 Å². The average molecular weight is 244 g/mol. The molecule has 0 radical (unpaired) electrons. The van der Waals surface area contributed by atoms with Crippen molar-refractivity contribution in [3.63, 3.8) is 0 Å². The summed E-state index contributed by atoms with van der Waals surface area (Å²) in [7, 11) is -0.813. The van der Waals surface area contributed by atoms with Crippen molar-refractivity contribution < 1.29 is 9.00 Å². The van der Waals surface area contributed by atoms with E-state index in [1.807, 2.05) is 0 Å². The van der Waals surface area contributed by atoms with Gasteiger partial charge in [-0.05, 0) is 37.8 Å². The number of rotatable bonds is 4. The van der Waals surface area contributed by atoms with E-state index in [2.05, 4.69) is 10.6 Å². The molecule has 2 N–H and O–H groups in total. The van der Waals surface area contributed by atoms with Crippen molar-refractivity contribution in [1.82, 2.24) is 10.6 Å². The van der Waals surface area contributed by atoms with Gasteiger partial charge in [-0.3, -0.25) is 9.00 Å². The molecule has 16 heavy (non-hydrogen) atoms. The molecular weight excluding hydrogens is 224 g/mol. The van der Waals surface area contributed by atoms with Gasteiger partial charge in [0.1, 0.15) is 0 Å². The van der Waals surface area contributed by atoms with E-state index < -0.39 is 10.8 Å². The van der Waals surface area contributed by atoms with Crippen molar-refractivity contribution in [2.45, 2.75) is 19.3 Å². The lowest BCUT2D eigenvalue weighted by atomic mass is 9.92. The second-order valence-electron chi connectivity index (χ2n) is 4.94. The van der Waals surface area contributed by atoms with Crippen LogP contribution in [0.2, 0.25) is 0 Å². The first-order chi connectivity index (χ1) is 7.64. The number of piperidine rings is 1. The Morgan fingerprint density at radius 2 is 2.19 bits per heavy atom. The predicted octanol–water partition coefficient (Wildman–Crippen LogP) is -0.129. The topological polar surface area (TPSA) is 58.2 Å². The van der Waals surface area contributed by atoms with Crippen molar-refractivity contribution in [2.75, 3.05) is 31.6 Å². The molecule has 1 saturated heterocycles. The van der Waals surface area contributed by atoms with E-state index in [1.54, 1.807) is 6.26 Å². The number of carbonyl (C=O) groups is 1. The van der Waals surface area contributed by atoms with Crippen LogP contribution < -0.4 is 10.6 Å². The van der Waals surface area contributed by atoms with Gasteiger partial charge in [-0.25, -0.2) is 0 Å². The van der Waals surface area contributed by atoms with Crippen LogP contribution in [-0.4, -0.2) is 41.8 Å². The maximum absolute atomic E-state index is 11.8. The van der Waals surface area contributed by atoms with Crippen LogP contribution in [0.3, 0.4) is 0 Å². The maximum atomic E-state index is 11.8. The van der Waals surface area contributed by atoms with Gasteiger partial charge >= 0.3 is 0 Å². The molecule has 1 aliphatic heterocycles. The molecule has 2 unspecified atom stereocenters. The third kappa shape index (κ3) is 2.63. The minimum Gasteiger partial charge on any atom is -0.355 e. The summed E-state index contributed by atoms with van der Waals surface area (Å²) in [4.78, 5) is 11.8. The predicted molar refractivity (Wildman–Crippen MR) is 64.6 cm³/mol. The van der Waals surface area contributed by atoms with Gasteiger partial charge in [0, 0.05) is 35.3 Å². The number of hydrogen-bond acceptors (Lipinski definition) is 3. The lowest BCUT2D eigenvalue weighted by molar-refractivity contribution is -0.123. The fourth-order valence-corrected chi connectivity index (χ4v) is 3.03. The zero-order valence-electron chi connectivity index (χ0n) is 9.75. The summed E-state index contributed by atoms with van der Waals surface area (Å²) in [5.74, 6) is 0.958. The van der Waals surface area contributed by atoms with Gasteiger partial charge in [0.05, 0.1) is 0 Å². The van der Waals surface area contributed by atoms with Crippen molar-refractivity contribution in [1.29, 1.82) is 0 Å². The van der Waals surface area contributed by atoms with E-state index in [9.17, 15) is 9.00 Å². The van der Waals surface area contributed by atoms with Crippen LogP contribution in [0, 0.1) is 11.3 Å². The number of carbonyl (C=O) groups excluding carboxylic acids is 1. The number of hydrogen-bond donors (Lipinski definition) is 2. The first kappa shape index (κ1) is 12.0. The van der Waals surface area contributed by atoms with Crippen LogP contribution in [0.4, 0.5) is 0 Å². The number of amides is 1. The molecule has 2 fully saturated rings. The highest BCUT2D eigenvalue weighted by atomic mass is 32.2. The zero-order valence-corrected chi connectivity index (χ0v) is 10.6. The molecule has 1 amide bonds. The van der Waals surface area contributed by atoms with Crippen LogP contribution in [0.5, 0.6) is 0 Å². The minimum absolute atomic E-state index is 0.173. The van der Waals surface area contributed by atoms with E-state index in [4.69, 9.17) is 0 Å². The Balaban J connectivity index is 1.73. The first-order valence-electron chi connectivity index (χ1n) is 5.92. The summed E-state index contributed by atoms with van der Waals surface area (Å²) in [6.45, 7) is 2.64. The molecule has 1 heterocycles. The number of nitrogens with one attached hydrogen (secondary N) is 2. The molecule has 0 aromatic rings. The van der Waals surface area contributed by atoms with Crippen molar-refractivity contribution in [3.05, 3.63) is 0 Å². The molecule has 0 aromatic carbocycles. The van der Waals surface area contributed by atoms with Gasteiger partial charge in [0.2, 0.25) is 5.91 Å². The van der Waals surface area contributed by atoms with Gasteiger partial charge in [-0.2, -0.15) is 0 Å². The third-order valence-electron chi connectivity index (χ3n) is 3.79. The molecule has 2 aliphatic rings. The zero-order chi connectivity index (χ0) is 11.6. The van der Waals surface area contributed by atoms with E-state index in [0.717, 1.165) is 32.4 Å². The largest absolute Gasteiger partial charge is 0.355 e. The van der Waals surface area contributed by atoms with E-state index in [1.165, 1.54) is 0 Å². The highest BCUT2D eigenvalue weighted by Gasteiger charge is 2.57. The molecular formula is C11H20N2O2S. The quantitative estimate of drug-likeness (QED) is 0.724. The third-order valence-corrected chi connectivity index (χ3v) is 4.57. The maximum Gasteiger partial charge on any atom is 0.223 e. The molecule has 5 heteroatoms. The van der Waals surface area contributed by atoms with Crippen molar-refractivity contribution in [2.24, 2.45) is 11.3 Å². The van der Waals surface area contributed by atoms with Crippen molar-refractivity contribution >= 4 is 16.7 Å². The Morgan fingerprint density at radius 3 is 2.81 bits per heavy atom. The molecule has 4 nitrogen and oxygen atoms in total. The summed E-state index contributed by atoms with van der Waals surface area (Å²) < 4.78 is 10.9. The van der Waals surface area contributed by atoms with E-state index in [-0.39, 0.29) is 11.8 Å². The Hall–Kier alpha value is -0.420. The Kier molecular flexibility index (Phi) is 3.64. The normalized spacial score (nSPS) is 28.7. The second kappa shape index (κ2) is 4.84. The standard InChI is InChI=1S/C11H20N2O2S/c1-16(15)7-6-13-10(14)9-8-11(9)2-4-12-5-3-11/h9,12H,2-8H2,1H3,(H,13,14). The SMILES string of the molecule is CS(=O)CCNC(=O)C1CC12CCNCC2. The van der Waals surface area contributed by atoms with Crippen LogP contribution in [-0.2, 0) is 15.6 Å². The average Bonchev–Trinajstić information content (AvgIpc) is 2.92. The molecule has 2 atom stereocenters. The Morgan fingerprint density at radius 1 is 1.50 bits per heavy atom. The van der Waals surface area contributed by atoms with Crippen LogP contribution in [0.25, 0.3) is 0 Å².